The van der Waals surface area contributed by atoms with Crippen LogP contribution in [0.3, 0.4) is 0 Å². The number of anilines is 1. The maximum atomic E-state index is 12.1. The molecule has 0 bridgehead atoms. The molecular weight excluding hydrogens is 266 g/mol. The van der Waals surface area contributed by atoms with Crippen LogP contribution in [0.15, 0.2) is 54.6 Å². The van der Waals surface area contributed by atoms with Crippen molar-refractivity contribution in [1.29, 1.82) is 0 Å². The second-order valence-electron chi connectivity index (χ2n) is 4.62. The van der Waals surface area contributed by atoms with Crippen LogP contribution >= 0.6 is 0 Å². The minimum Gasteiger partial charge on any atom is -0.478 e. The highest BCUT2D eigenvalue weighted by molar-refractivity contribution is 6.04. The van der Waals surface area contributed by atoms with E-state index in [9.17, 15) is 9.59 Å². The summed E-state index contributed by atoms with van der Waals surface area (Å²) in [7, 11) is 0. The summed E-state index contributed by atoms with van der Waals surface area (Å²) < 4.78 is 0. The fraction of sp³-hybridized carbons (Fsp3) is 0.0588. The Bertz CT molecular complexity index is 687. The minimum absolute atomic E-state index is 0.200. The molecule has 4 heteroatoms. The van der Waals surface area contributed by atoms with E-state index in [0.717, 1.165) is 11.6 Å². The van der Waals surface area contributed by atoms with Gasteiger partial charge < -0.3 is 10.4 Å². The summed E-state index contributed by atoms with van der Waals surface area (Å²) in [5.74, 6) is -1.21. The summed E-state index contributed by atoms with van der Waals surface area (Å²) in [6, 6.07) is 14.3. The lowest BCUT2D eigenvalue weighted by Gasteiger charge is -2.06. The molecular formula is C17H15NO3. The van der Waals surface area contributed by atoms with E-state index >= 15 is 0 Å². The van der Waals surface area contributed by atoms with Crippen LogP contribution in [0.2, 0.25) is 0 Å². The summed E-state index contributed by atoms with van der Waals surface area (Å²) in [4.78, 5) is 22.6. The summed E-state index contributed by atoms with van der Waals surface area (Å²) in [5, 5.41) is 11.4. The number of rotatable bonds is 4. The zero-order valence-corrected chi connectivity index (χ0v) is 11.5. The molecule has 21 heavy (non-hydrogen) atoms. The van der Waals surface area contributed by atoms with Crippen molar-refractivity contribution >= 4 is 23.6 Å². The average Bonchev–Trinajstić information content (AvgIpc) is 2.46. The fourth-order valence-corrected chi connectivity index (χ4v) is 1.80. The second kappa shape index (κ2) is 6.52. The molecule has 2 rings (SSSR count). The third kappa shape index (κ3) is 4.31. The molecule has 0 heterocycles. The van der Waals surface area contributed by atoms with Gasteiger partial charge in [-0.25, -0.2) is 4.79 Å². The van der Waals surface area contributed by atoms with Gasteiger partial charge in [-0.15, -0.1) is 0 Å². The van der Waals surface area contributed by atoms with Gasteiger partial charge in [-0.3, -0.25) is 4.79 Å². The molecule has 4 nitrogen and oxygen atoms in total. The number of carboxylic acid groups (broad SMARTS) is 1. The minimum atomic E-state index is -1.01. The maximum Gasteiger partial charge on any atom is 0.328 e. The molecule has 0 saturated heterocycles. The Balaban J connectivity index is 2.12. The highest BCUT2D eigenvalue weighted by Gasteiger charge is 2.05. The maximum absolute atomic E-state index is 12.1. The van der Waals surface area contributed by atoms with Gasteiger partial charge >= 0.3 is 5.97 Å². The number of aryl methyl sites for hydroxylation is 1. The predicted molar refractivity (Wildman–Crippen MR) is 82.2 cm³/mol. The van der Waals surface area contributed by atoms with Crippen molar-refractivity contribution in [1.82, 2.24) is 0 Å². The molecule has 0 spiro atoms. The first kappa shape index (κ1) is 14.5. The number of nitrogens with one attached hydrogen (secondary N) is 1. The number of carbonyl (C=O) groups excluding carboxylic acids is 1. The van der Waals surface area contributed by atoms with Crippen molar-refractivity contribution in [3.63, 3.8) is 0 Å². The van der Waals surface area contributed by atoms with E-state index in [1.165, 1.54) is 6.08 Å². The molecule has 1 amide bonds. The molecule has 0 atom stereocenters. The Morgan fingerprint density at radius 2 is 1.81 bits per heavy atom. The van der Waals surface area contributed by atoms with E-state index in [2.05, 4.69) is 5.32 Å². The van der Waals surface area contributed by atoms with Crippen molar-refractivity contribution in [3.05, 3.63) is 71.3 Å². The highest BCUT2D eigenvalue weighted by atomic mass is 16.4. The van der Waals surface area contributed by atoms with Crippen LogP contribution in [0.5, 0.6) is 0 Å². The van der Waals surface area contributed by atoms with E-state index in [-0.39, 0.29) is 5.91 Å². The number of aliphatic carboxylic acids is 1. The van der Waals surface area contributed by atoms with Crippen LogP contribution < -0.4 is 5.32 Å². The molecule has 106 valence electrons. The monoisotopic (exact) mass is 281 g/mol. The topological polar surface area (TPSA) is 66.4 Å². The van der Waals surface area contributed by atoms with Gasteiger partial charge in [0.05, 0.1) is 0 Å². The number of hydrogen-bond acceptors (Lipinski definition) is 2. The third-order valence-corrected chi connectivity index (χ3v) is 2.88. The smallest absolute Gasteiger partial charge is 0.328 e. The Labute approximate surface area is 122 Å². The largest absolute Gasteiger partial charge is 0.478 e. The van der Waals surface area contributed by atoms with Gasteiger partial charge in [0.25, 0.3) is 5.91 Å². The van der Waals surface area contributed by atoms with Gasteiger partial charge in [0.15, 0.2) is 0 Å². The lowest BCUT2D eigenvalue weighted by Crippen LogP contribution is -2.11. The normalized spacial score (nSPS) is 10.5. The molecule has 0 aliphatic rings. The average molecular weight is 281 g/mol. The molecule has 2 aromatic carbocycles. The standard InChI is InChI=1S/C17H15NO3/c1-12-5-8-14(9-6-12)17(21)18-15-4-2-3-13(11-15)7-10-16(19)20/h2-11H,1H3,(H,18,21)(H,19,20)/b10-7+. The van der Waals surface area contributed by atoms with E-state index in [1.807, 2.05) is 19.1 Å². The van der Waals surface area contributed by atoms with Crippen molar-refractivity contribution in [2.24, 2.45) is 0 Å². The number of amides is 1. The van der Waals surface area contributed by atoms with Gasteiger partial charge in [0, 0.05) is 17.3 Å². The molecule has 0 unspecified atom stereocenters. The second-order valence-corrected chi connectivity index (χ2v) is 4.62. The van der Waals surface area contributed by atoms with Crippen LogP contribution in [-0.4, -0.2) is 17.0 Å². The van der Waals surface area contributed by atoms with Crippen molar-refractivity contribution in [3.8, 4) is 0 Å². The third-order valence-electron chi connectivity index (χ3n) is 2.88. The van der Waals surface area contributed by atoms with Crippen molar-refractivity contribution < 1.29 is 14.7 Å². The van der Waals surface area contributed by atoms with E-state index in [4.69, 9.17) is 5.11 Å². The van der Waals surface area contributed by atoms with E-state index in [0.29, 0.717) is 16.8 Å². The van der Waals surface area contributed by atoms with Crippen LogP contribution in [0.25, 0.3) is 6.08 Å². The van der Waals surface area contributed by atoms with Crippen molar-refractivity contribution in [2.75, 3.05) is 5.32 Å². The summed E-state index contributed by atoms with van der Waals surface area (Å²) in [6.07, 6.45) is 2.53. The molecule has 0 aromatic heterocycles. The first-order valence-electron chi connectivity index (χ1n) is 6.44. The fourth-order valence-electron chi connectivity index (χ4n) is 1.80. The zero-order chi connectivity index (χ0) is 15.2. The van der Waals surface area contributed by atoms with Crippen LogP contribution in [-0.2, 0) is 4.79 Å². The molecule has 0 fully saturated rings. The van der Waals surface area contributed by atoms with Crippen LogP contribution in [0.1, 0.15) is 21.5 Å². The Morgan fingerprint density at radius 1 is 1.10 bits per heavy atom. The van der Waals surface area contributed by atoms with E-state index < -0.39 is 5.97 Å². The highest BCUT2D eigenvalue weighted by Crippen LogP contribution is 2.14. The van der Waals surface area contributed by atoms with Crippen LogP contribution in [0, 0.1) is 6.92 Å². The molecule has 2 aromatic rings. The predicted octanol–water partition coefficient (Wildman–Crippen LogP) is 3.35. The number of benzene rings is 2. The number of carboxylic acids is 1. The van der Waals surface area contributed by atoms with Gasteiger partial charge in [-0.2, -0.15) is 0 Å². The van der Waals surface area contributed by atoms with Gasteiger partial charge in [0.2, 0.25) is 0 Å². The molecule has 0 aliphatic carbocycles. The van der Waals surface area contributed by atoms with Crippen molar-refractivity contribution in [2.45, 2.75) is 6.92 Å². The quantitative estimate of drug-likeness (QED) is 0.845. The number of hydrogen-bond donors (Lipinski definition) is 2. The lowest BCUT2D eigenvalue weighted by atomic mass is 10.1. The molecule has 2 N–H and O–H groups in total. The Hall–Kier alpha value is -2.88. The number of carbonyl (C=O) groups is 2. The Morgan fingerprint density at radius 3 is 2.48 bits per heavy atom. The summed E-state index contributed by atoms with van der Waals surface area (Å²) in [6.45, 7) is 1.96. The molecule has 0 radical (unpaired) electrons. The molecule has 0 saturated carbocycles. The summed E-state index contributed by atoms with van der Waals surface area (Å²) >= 11 is 0. The van der Waals surface area contributed by atoms with Crippen LogP contribution in [0.4, 0.5) is 5.69 Å². The van der Waals surface area contributed by atoms with Gasteiger partial charge in [-0.1, -0.05) is 29.8 Å². The van der Waals surface area contributed by atoms with E-state index in [1.54, 1.807) is 36.4 Å². The first-order chi connectivity index (χ1) is 10.0. The van der Waals surface area contributed by atoms with Gasteiger partial charge in [0.1, 0.15) is 0 Å². The van der Waals surface area contributed by atoms with Gasteiger partial charge in [-0.05, 0) is 42.8 Å². The zero-order valence-electron chi connectivity index (χ0n) is 11.5. The summed E-state index contributed by atoms with van der Waals surface area (Å²) in [5.41, 5.74) is 2.99. The first-order valence-corrected chi connectivity index (χ1v) is 6.44. The molecule has 0 aliphatic heterocycles. The Kier molecular flexibility index (Phi) is 4.51. The SMILES string of the molecule is Cc1ccc(C(=O)Nc2cccc(/C=C/C(=O)O)c2)cc1. The lowest BCUT2D eigenvalue weighted by molar-refractivity contribution is -0.131.